The molecule has 32 heavy (non-hydrogen) atoms. The summed E-state index contributed by atoms with van der Waals surface area (Å²) in [5, 5.41) is 15.4. The van der Waals surface area contributed by atoms with Gasteiger partial charge in [0, 0.05) is 23.0 Å². The van der Waals surface area contributed by atoms with Gasteiger partial charge in [-0.3, -0.25) is 4.79 Å². The number of carbonyl (C=O) groups is 2. The van der Waals surface area contributed by atoms with Crippen LogP contribution in [0.3, 0.4) is 0 Å². The minimum absolute atomic E-state index is 0.0256. The molecule has 0 bridgehead atoms. The van der Waals surface area contributed by atoms with Crippen LogP contribution in [-0.4, -0.2) is 53.7 Å². The third-order valence-electron chi connectivity index (χ3n) is 6.55. The van der Waals surface area contributed by atoms with Crippen LogP contribution in [0.25, 0.3) is 0 Å². The highest BCUT2D eigenvalue weighted by Crippen LogP contribution is 2.35. The molecule has 0 saturated heterocycles. The number of benzene rings is 2. The number of nitrogens with one attached hydrogen (secondary N) is 2. The number of halogens is 1. The van der Waals surface area contributed by atoms with Gasteiger partial charge < -0.3 is 20.6 Å². The Bertz CT molecular complexity index is 894. The normalized spacial score (nSPS) is 21.7. The molecule has 0 spiro atoms. The van der Waals surface area contributed by atoms with Crippen LogP contribution in [0, 0.1) is 0 Å². The van der Waals surface area contributed by atoms with E-state index in [1.165, 1.54) is 5.56 Å². The molecule has 2 amide bonds. The zero-order valence-electron chi connectivity index (χ0n) is 18.7. The van der Waals surface area contributed by atoms with Crippen molar-refractivity contribution in [1.29, 1.82) is 0 Å². The second kappa shape index (κ2) is 10.8. The van der Waals surface area contributed by atoms with Gasteiger partial charge in [-0.05, 0) is 69.5 Å². The quantitative estimate of drug-likeness (QED) is 0.557. The third-order valence-corrected chi connectivity index (χ3v) is 6.81. The molecule has 1 fully saturated rings. The number of hydrogen-bond donors (Lipinski definition) is 3. The van der Waals surface area contributed by atoms with E-state index in [2.05, 4.69) is 41.8 Å². The van der Waals surface area contributed by atoms with E-state index in [1.54, 1.807) is 0 Å². The van der Waals surface area contributed by atoms with Gasteiger partial charge in [0.05, 0.1) is 0 Å². The SMILES string of the molecule is CN(C)C1(Cc2ccc(Cl)cc2)CCC(NC(=O)C(Cc2ccccc2)NC(=O)O)CC1. The lowest BCUT2D eigenvalue weighted by Gasteiger charge is -2.45. The highest BCUT2D eigenvalue weighted by atomic mass is 35.5. The van der Waals surface area contributed by atoms with Crippen LogP contribution in [0.2, 0.25) is 5.02 Å². The molecule has 1 unspecified atom stereocenters. The molecule has 1 aliphatic carbocycles. The molecular formula is C25H32ClN3O3. The summed E-state index contributed by atoms with van der Waals surface area (Å²) in [6, 6.07) is 16.7. The smallest absolute Gasteiger partial charge is 0.405 e. The lowest BCUT2D eigenvalue weighted by Crippen LogP contribution is -2.55. The van der Waals surface area contributed by atoms with Crippen molar-refractivity contribution < 1.29 is 14.7 Å². The minimum Gasteiger partial charge on any atom is -0.465 e. The molecule has 0 heterocycles. The number of likely N-dealkylation sites (N-methyl/N-ethyl adjacent to an activating group) is 1. The number of hydrogen-bond acceptors (Lipinski definition) is 3. The number of carbonyl (C=O) groups excluding carboxylic acids is 1. The van der Waals surface area contributed by atoms with E-state index in [4.69, 9.17) is 11.6 Å². The van der Waals surface area contributed by atoms with Crippen molar-refractivity contribution in [1.82, 2.24) is 15.5 Å². The van der Waals surface area contributed by atoms with E-state index in [9.17, 15) is 14.7 Å². The second-order valence-corrected chi connectivity index (χ2v) is 9.33. The zero-order chi connectivity index (χ0) is 23.1. The summed E-state index contributed by atoms with van der Waals surface area (Å²) in [6.07, 6.45) is 3.65. The van der Waals surface area contributed by atoms with E-state index in [0.717, 1.165) is 42.7 Å². The van der Waals surface area contributed by atoms with Gasteiger partial charge in [0.2, 0.25) is 5.91 Å². The topological polar surface area (TPSA) is 81.7 Å². The fourth-order valence-corrected chi connectivity index (χ4v) is 4.70. The van der Waals surface area contributed by atoms with E-state index in [1.807, 2.05) is 42.5 Å². The molecule has 3 N–H and O–H groups in total. The first kappa shape index (κ1) is 24.1. The summed E-state index contributed by atoms with van der Waals surface area (Å²) in [5.74, 6) is -0.267. The lowest BCUT2D eigenvalue weighted by molar-refractivity contribution is -0.124. The predicted molar refractivity (Wildman–Crippen MR) is 127 cm³/mol. The Morgan fingerprint density at radius 2 is 1.69 bits per heavy atom. The van der Waals surface area contributed by atoms with Gasteiger partial charge >= 0.3 is 6.09 Å². The van der Waals surface area contributed by atoms with Crippen molar-refractivity contribution in [3.05, 3.63) is 70.7 Å². The van der Waals surface area contributed by atoms with Crippen LogP contribution in [0.15, 0.2) is 54.6 Å². The third kappa shape index (κ3) is 6.47. The molecule has 1 saturated carbocycles. The van der Waals surface area contributed by atoms with Gasteiger partial charge in [-0.2, -0.15) is 0 Å². The van der Waals surface area contributed by atoms with Crippen molar-refractivity contribution in [2.45, 2.75) is 56.1 Å². The summed E-state index contributed by atoms with van der Waals surface area (Å²) in [7, 11) is 4.23. The molecule has 172 valence electrons. The number of amides is 2. The van der Waals surface area contributed by atoms with Gasteiger partial charge in [0.25, 0.3) is 0 Å². The zero-order valence-corrected chi connectivity index (χ0v) is 19.4. The molecule has 1 aliphatic rings. The molecule has 6 nitrogen and oxygen atoms in total. The second-order valence-electron chi connectivity index (χ2n) is 8.90. The largest absolute Gasteiger partial charge is 0.465 e. The molecule has 1 atom stereocenters. The Balaban J connectivity index is 1.61. The Hall–Kier alpha value is -2.57. The van der Waals surface area contributed by atoms with Crippen LogP contribution in [0.1, 0.15) is 36.8 Å². The first-order valence-electron chi connectivity index (χ1n) is 11.0. The molecule has 2 aromatic rings. The summed E-state index contributed by atoms with van der Waals surface area (Å²) in [6.45, 7) is 0. The van der Waals surface area contributed by atoms with Gasteiger partial charge in [-0.25, -0.2) is 4.79 Å². The molecule has 0 radical (unpaired) electrons. The molecule has 2 aromatic carbocycles. The monoisotopic (exact) mass is 457 g/mol. The summed E-state index contributed by atoms with van der Waals surface area (Å²) in [5.41, 5.74) is 2.19. The maximum Gasteiger partial charge on any atom is 0.405 e. The highest BCUT2D eigenvalue weighted by Gasteiger charge is 2.38. The maximum atomic E-state index is 12.9. The average molecular weight is 458 g/mol. The number of rotatable bonds is 8. The summed E-state index contributed by atoms with van der Waals surface area (Å²) in [4.78, 5) is 26.5. The Morgan fingerprint density at radius 3 is 2.25 bits per heavy atom. The van der Waals surface area contributed by atoms with Crippen LogP contribution in [0.4, 0.5) is 4.79 Å². The Kier molecular flexibility index (Phi) is 8.15. The first-order valence-corrected chi connectivity index (χ1v) is 11.4. The van der Waals surface area contributed by atoms with Crippen LogP contribution in [0.5, 0.6) is 0 Å². The molecule has 3 rings (SSSR count). The van der Waals surface area contributed by atoms with E-state index >= 15 is 0 Å². The van der Waals surface area contributed by atoms with Crippen molar-refractivity contribution >= 4 is 23.6 Å². The van der Waals surface area contributed by atoms with Crippen molar-refractivity contribution in [2.75, 3.05) is 14.1 Å². The Labute approximate surface area is 195 Å². The lowest BCUT2D eigenvalue weighted by atomic mass is 9.74. The molecule has 0 aromatic heterocycles. The van der Waals surface area contributed by atoms with Gasteiger partial charge in [0.1, 0.15) is 6.04 Å². The fourth-order valence-electron chi connectivity index (χ4n) is 4.57. The Morgan fingerprint density at radius 1 is 1.06 bits per heavy atom. The van der Waals surface area contributed by atoms with Crippen molar-refractivity contribution in [2.24, 2.45) is 0 Å². The number of nitrogens with zero attached hydrogens (tertiary/aromatic N) is 1. The van der Waals surface area contributed by atoms with Gasteiger partial charge in [0.15, 0.2) is 0 Å². The fraction of sp³-hybridized carbons (Fsp3) is 0.440. The van der Waals surface area contributed by atoms with Crippen LogP contribution in [-0.2, 0) is 17.6 Å². The first-order chi connectivity index (χ1) is 15.3. The molecule has 0 aliphatic heterocycles. The van der Waals surface area contributed by atoms with Crippen molar-refractivity contribution in [3.8, 4) is 0 Å². The van der Waals surface area contributed by atoms with E-state index in [-0.39, 0.29) is 17.5 Å². The standard InChI is InChI=1S/C25H32ClN3O3/c1-29(2)25(17-19-8-10-20(26)11-9-19)14-12-21(13-15-25)27-23(30)22(28-24(31)32)16-18-6-4-3-5-7-18/h3-11,21-22,28H,12-17H2,1-2H3,(H,27,30)(H,31,32). The van der Waals surface area contributed by atoms with E-state index < -0.39 is 12.1 Å². The highest BCUT2D eigenvalue weighted by molar-refractivity contribution is 6.30. The minimum atomic E-state index is -1.20. The van der Waals surface area contributed by atoms with Crippen LogP contribution >= 0.6 is 11.6 Å². The molecular weight excluding hydrogens is 426 g/mol. The van der Waals surface area contributed by atoms with Gasteiger partial charge in [-0.15, -0.1) is 0 Å². The summed E-state index contributed by atoms with van der Waals surface area (Å²) < 4.78 is 0. The summed E-state index contributed by atoms with van der Waals surface area (Å²) >= 11 is 6.03. The van der Waals surface area contributed by atoms with Gasteiger partial charge in [-0.1, -0.05) is 54.1 Å². The predicted octanol–water partition coefficient (Wildman–Crippen LogP) is 4.12. The maximum absolute atomic E-state index is 12.9. The molecule has 7 heteroatoms. The van der Waals surface area contributed by atoms with Crippen molar-refractivity contribution in [3.63, 3.8) is 0 Å². The average Bonchev–Trinajstić information content (AvgIpc) is 2.76. The van der Waals surface area contributed by atoms with Crippen LogP contribution < -0.4 is 10.6 Å². The number of carboxylic acid groups (broad SMARTS) is 1. The van der Waals surface area contributed by atoms with E-state index in [0.29, 0.717) is 6.42 Å².